The molecule has 0 spiro atoms. The molecule has 1 N–H and O–H groups in total. The molecular formula is C28H21N2OPS2. The Morgan fingerprint density at radius 3 is 1.97 bits per heavy atom. The van der Waals surface area contributed by atoms with Crippen LogP contribution in [0.15, 0.2) is 103 Å². The average molecular weight is 497 g/mol. The molecule has 34 heavy (non-hydrogen) atoms. The molecule has 0 unspecified atom stereocenters. The minimum atomic E-state index is -2.51. The van der Waals surface area contributed by atoms with Gasteiger partial charge in [-0.1, -0.05) is 108 Å². The number of aromatic nitrogens is 1. The number of ether oxygens (including phenoxy) is 1. The molecule has 0 aliphatic heterocycles. The number of rotatable bonds is 5. The standard InChI is InChI=1S/C28H21N2OPS2/c1-31-21-16-17-24-27(18-21)34-28(29-24)30-32(33,25-14-6-10-19-8-2-4-12-22(19)25)26-15-7-11-20-9-3-5-13-23(20)26/h2-18H,1H3,(H,29,30,33). The van der Waals surface area contributed by atoms with Crippen LogP contribution in [0.25, 0.3) is 31.8 Å². The van der Waals surface area contributed by atoms with Crippen LogP contribution in [0.2, 0.25) is 0 Å². The first-order chi connectivity index (χ1) is 16.7. The summed E-state index contributed by atoms with van der Waals surface area (Å²) in [6.45, 7) is 0. The van der Waals surface area contributed by atoms with Crippen LogP contribution < -0.4 is 20.4 Å². The van der Waals surface area contributed by atoms with Gasteiger partial charge in [0.2, 0.25) is 0 Å². The fourth-order valence-electron chi connectivity index (χ4n) is 4.43. The lowest BCUT2D eigenvalue weighted by Crippen LogP contribution is -2.23. The van der Waals surface area contributed by atoms with Gasteiger partial charge >= 0.3 is 0 Å². The molecule has 0 radical (unpaired) electrons. The third-order valence-corrected chi connectivity index (χ3v) is 11.3. The van der Waals surface area contributed by atoms with E-state index >= 15 is 0 Å². The predicted octanol–water partition coefficient (Wildman–Crippen LogP) is 7.07. The molecule has 0 amide bonds. The van der Waals surface area contributed by atoms with E-state index in [-0.39, 0.29) is 0 Å². The largest absolute Gasteiger partial charge is 0.497 e. The minimum absolute atomic E-state index is 0.824. The van der Waals surface area contributed by atoms with Gasteiger partial charge in [-0.2, -0.15) is 0 Å². The van der Waals surface area contributed by atoms with E-state index in [9.17, 15) is 0 Å². The van der Waals surface area contributed by atoms with Crippen LogP contribution in [-0.2, 0) is 11.8 Å². The lowest BCUT2D eigenvalue weighted by Gasteiger charge is -2.27. The van der Waals surface area contributed by atoms with Crippen LogP contribution in [0.5, 0.6) is 5.75 Å². The second kappa shape index (κ2) is 8.52. The van der Waals surface area contributed by atoms with Crippen molar-refractivity contribution in [2.45, 2.75) is 0 Å². The summed E-state index contributed by atoms with van der Waals surface area (Å²) in [7, 11) is 1.68. The van der Waals surface area contributed by atoms with Gasteiger partial charge in [0.15, 0.2) is 5.13 Å². The van der Waals surface area contributed by atoms with Gasteiger partial charge in [0.1, 0.15) is 5.75 Å². The van der Waals surface area contributed by atoms with Crippen molar-refractivity contribution >= 4 is 76.8 Å². The number of thiazole rings is 1. The molecular weight excluding hydrogens is 475 g/mol. The molecule has 0 aliphatic carbocycles. The van der Waals surface area contributed by atoms with E-state index in [1.807, 2.05) is 18.2 Å². The van der Waals surface area contributed by atoms with Gasteiger partial charge in [-0.05, 0) is 39.7 Å². The third-order valence-electron chi connectivity index (χ3n) is 6.06. The summed E-state index contributed by atoms with van der Waals surface area (Å²) >= 11 is 8.28. The number of hydrogen-bond acceptors (Lipinski definition) is 4. The lowest BCUT2D eigenvalue weighted by molar-refractivity contribution is 0.415. The van der Waals surface area contributed by atoms with Crippen LogP contribution in [-0.4, -0.2) is 12.1 Å². The van der Waals surface area contributed by atoms with Gasteiger partial charge in [-0.3, -0.25) is 0 Å². The van der Waals surface area contributed by atoms with Gasteiger partial charge in [0.05, 0.1) is 23.5 Å². The zero-order valence-electron chi connectivity index (χ0n) is 18.4. The van der Waals surface area contributed by atoms with E-state index in [2.05, 4.69) is 90.0 Å². The fraction of sp³-hybridized carbons (Fsp3) is 0.0357. The number of anilines is 1. The molecule has 1 aromatic heterocycles. The summed E-state index contributed by atoms with van der Waals surface area (Å²) < 4.78 is 6.48. The van der Waals surface area contributed by atoms with E-state index in [1.165, 1.54) is 21.5 Å². The van der Waals surface area contributed by atoms with Crippen LogP contribution in [0.4, 0.5) is 5.13 Å². The molecule has 0 fully saturated rings. The summed E-state index contributed by atoms with van der Waals surface area (Å²) in [5.74, 6) is 0.824. The van der Waals surface area contributed by atoms with Crippen LogP contribution in [0.3, 0.4) is 0 Å². The Kier molecular flexibility index (Phi) is 5.34. The molecule has 6 aromatic rings. The Morgan fingerprint density at radius 2 is 1.35 bits per heavy atom. The van der Waals surface area contributed by atoms with Crippen LogP contribution >= 0.6 is 17.5 Å². The molecule has 0 bridgehead atoms. The van der Waals surface area contributed by atoms with E-state index < -0.39 is 6.19 Å². The molecule has 3 nitrogen and oxygen atoms in total. The SMILES string of the molecule is COc1ccc2nc(NP(=S)(c3cccc4ccccc34)c3cccc4ccccc34)sc2c1. The first-order valence-electron chi connectivity index (χ1n) is 11.0. The molecule has 5 aromatic carbocycles. The van der Waals surface area contributed by atoms with Gasteiger partial charge in [-0.25, -0.2) is 4.98 Å². The zero-order chi connectivity index (χ0) is 23.1. The summed E-state index contributed by atoms with van der Waals surface area (Å²) in [5.41, 5.74) is 0.936. The first kappa shape index (κ1) is 21.3. The Morgan fingerprint density at radius 1 is 0.765 bits per heavy atom. The Labute approximate surface area is 207 Å². The first-order valence-corrected chi connectivity index (χ1v) is 14.6. The van der Waals surface area contributed by atoms with Crippen molar-refractivity contribution in [3.05, 3.63) is 103 Å². The molecule has 0 aliphatic rings. The summed E-state index contributed by atoms with van der Waals surface area (Å²) in [5, 5.41) is 11.6. The molecule has 1 heterocycles. The molecule has 0 saturated heterocycles. The maximum atomic E-state index is 6.67. The van der Waals surface area contributed by atoms with Crippen molar-refractivity contribution in [2.75, 3.05) is 12.2 Å². The highest BCUT2D eigenvalue weighted by atomic mass is 32.4. The molecule has 6 heteroatoms. The predicted molar refractivity (Wildman–Crippen MR) is 151 cm³/mol. The number of nitrogens with zero attached hydrogens (tertiary/aromatic N) is 1. The van der Waals surface area contributed by atoms with Crippen molar-refractivity contribution in [1.29, 1.82) is 0 Å². The summed E-state index contributed by atoms with van der Waals surface area (Å²) in [6.07, 6.45) is -2.51. The molecule has 166 valence electrons. The van der Waals surface area contributed by atoms with Crippen LogP contribution in [0, 0.1) is 0 Å². The van der Waals surface area contributed by atoms with Gasteiger partial charge in [0.25, 0.3) is 0 Å². The number of hydrogen-bond donors (Lipinski definition) is 1. The van der Waals surface area contributed by atoms with Crippen molar-refractivity contribution in [1.82, 2.24) is 4.98 Å². The lowest BCUT2D eigenvalue weighted by atomic mass is 10.1. The number of fused-ring (bicyclic) bond motifs is 3. The van der Waals surface area contributed by atoms with Gasteiger partial charge < -0.3 is 9.82 Å². The smallest absolute Gasteiger partial charge is 0.188 e. The highest BCUT2D eigenvalue weighted by Gasteiger charge is 2.27. The topological polar surface area (TPSA) is 34.1 Å². The summed E-state index contributed by atoms with van der Waals surface area (Å²) in [4.78, 5) is 4.90. The highest BCUT2D eigenvalue weighted by Crippen LogP contribution is 2.48. The maximum Gasteiger partial charge on any atom is 0.188 e. The fourth-order valence-corrected chi connectivity index (χ4v) is 9.66. The quantitative estimate of drug-likeness (QED) is 0.259. The zero-order valence-corrected chi connectivity index (χ0v) is 21.0. The van der Waals surface area contributed by atoms with Crippen molar-refractivity contribution in [3.63, 3.8) is 0 Å². The minimum Gasteiger partial charge on any atom is -0.497 e. The molecule has 0 atom stereocenters. The highest BCUT2D eigenvalue weighted by molar-refractivity contribution is 8.23. The number of benzene rings is 5. The van der Waals surface area contributed by atoms with E-state index in [0.29, 0.717) is 0 Å². The molecule has 6 rings (SSSR count). The van der Waals surface area contributed by atoms with Crippen molar-refractivity contribution < 1.29 is 4.74 Å². The monoisotopic (exact) mass is 496 g/mol. The van der Waals surface area contributed by atoms with Crippen LogP contribution in [0.1, 0.15) is 0 Å². The number of methoxy groups -OCH3 is 1. The maximum absolute atomic E-state index is 6.67. The second-order valence-corrected chi connectivity index (χ2v) is 13.1. The van der Waals surface area contributed by atoms with Crippen molar-refractivity contribution in [3.8, 4) is 5.75 Å². The van der Waals surface area contributed by atoms with Gasteiger partial charge in [0, 0.05) is 10.6 Å². The third kappa shape index (κ3) is 3.57. The van der Waals surface area contributed by atoms with Gasteiger partial charge in [-0.15, -0.1) is 0 Å². The average Bonchev–Trinajstić information content (AvgIpc) is 3.29. The normalized spacial score (nSPS) is 11.8. The number of nitrogens with one attached hydrogen (secondary N) is 1. The Balaban J connectivity index is 1.61. The summed E-state index contributed by atoms with van der Waals surface area (Å²) in [6, 6.07) is 35.7. The molecule has 0 saturated carbocycles. The second-order valence-electron chi connectivity index (χ2n) is 8.07. The van der Waals surface area contributed by atoms with Crippen molar-refractivity contribution in [2.24, 2.45) is 0 Å². The van der Waals surface area contributed by atoms with E-state index in [1.54, 1.807) is 18.4 Å². The van der Waals surface area contributed by atoms with E-state index in [4.69, 9.17) is 21.5 Å². The Bertz CT molecular complexity index is 1630. The van der Waals surface area contributed by atoms with E-state index in [0.717, 1.165) is 31.7 Å². The Hall–Kier alpha value is -3.24.